The molecule has 0 saturated heterocycles. The lowest BCUT2D eigenvalue weighted by Gasteiger charge is -2.31. The molecule has 28 heavy (non-hydrogen) atoms. The van der Waals surface area contributed by atoms with Crippen LogP contribution in [0.15, 0.2) is 42.5 Å². The molecule has 1 unspecified atom stereocenters. The molecule has 150 valence electrons. The van der Waals surface area contributed by atoms with Crippen molar-refractivity contribution in [2.24, 2.45) is 0 Å². The van der Waals surface area contributed by atoms with Gasteiger partial charge in [-0.05, 0) is 43.2 Å². The molecule has 1 N–H and O–H groups in total. The third kappa shape index (κ3) is 5.87. The Hall–Kier alpha value is -1.75. The summed E-state index contributed by atoms with van der Waals surface area (Å²) in [4.78, 5) is 27.3. The molecule has 0 aliphatic rings. The molecule has 0 fully saturated rings. The number of rotatable bonds is 8. The number of benzene rings is 2. The molecule has 0 saturated carbocycles. The molecular weight excluding hydrogens is 419 g/mol. The van der Waals surface area contributed by atoms with Crippen LogP contribution in [0.25, 0.3) is 0 Å². The minimum atomic E-state index is -0.626. The average Bonchev–Trinajstić information content (AvgIpc) is 2.64. The Morgan fingerprint density at radius 3 is 2.25 bits per heavy atom. The van der Waals surface area contributed by atoms with Gasteiger partial charge in [-0.3, -0.25) is 9.59 Å². The normalized spacial score (nSPS) is 11.8. The van der Waals surface area contributed by atoms with Crippen molar-refractivity contribution in [3.05, 3.63) is 68.7 Å². The van der Waals surface area contributed by atoms with Crippen molar-refractivity contribution < 1.29 is 9.59 Å². The molecule has 7 heteroatoms. The van der Waals surface area contributed by atoms with Gasteiger partial charge < -0.3 is 10.2 Å². The Kier molecular flexibility index (Phi) is 8.61. The summed E-state index contributed by atoms with van der Waals surface area (Å²) in [5, 5.41) is 4.27. The largest absolute Gasteiger partial charge is 0.355 e. The van der Waals surface area contributed by atoms with E-state index in [-0.39, 0.29) is 24.8 Å². The Balaban J connectivity index is 2.36. The van der Waals surface area contributed by atoms with E-state index < -0.39 is 6.04 Å². The standard InChI is InChI=1S/C21H23Cl3N2O2/c1-3-19(21(28)25-4-2)26(13-16-17(23)9-6-10-18(16)24)20(27)12-14-7-5-8-15(22)11-14/h5-11,19H,3-4,12-13H2,1-2H3,(H,25,28). The van der Waals surface area contributed by atoms with Crippen LogP contribution in [0.1, 0.15) is 31.4 Å². The number of carbonyl (C=O) groups excluding carboxylic acids is 2. The maximum Gasteiger partial charge on any atom is 0.242 e. The predicted molar refractivity (Wildman–Crippen MR) is 115 cm³/mol. The number of amides is 2. The SMILES string of the molecule is CCNC(=O)C(CC)N(Cc1c(Cl)cccc1Cl)C(=O)Cc1cccc(Cl)c1. The second kappa shape index (κ2) is 10.7. The van der Waals surface area contributed by atoms with Crippen molar-refractivity contribution in [2.45, 2.75) is 39.3 Å². The van der Waals surface area contributed by atoms with Crippen molar-refractivity contribution >= 4 is 46.6 Å². The summed E-state index contributed by atoms with van der Waals surface area (Å²) >= 11 is 18.7. The molecule has 2 amide bonds. The fourth-order valence-corrected chi connectivity index (χ4v) is 3.72. The fourth-order valence-electron chi connectivity index (χ4n) is 2.99. The summed E-state index contributed by atoms with van der Waals surface area (Å²) in [6, 6.07) is 11.7. The molecular formula is C21H23Cl3N2O2. The first-order chi connectivity index (χ1) is 13.4. The quantitative estimate of drug-likeness (QED) is 0.617. The van der Waals surface area contributed by atoms with Gasteiger partial charge in [0, 0.05) is 33.7 Å². The first-order valence-electron chi connectivity index (χ1n) is 9.11. The van der Waals surface area contributed by atoms with Crippen LogP contribution in [-0.4, -0.2) is 29.3 Å². The van der Waals surface area contributed by atoms with E-state index in [1.807, 2.05) is 19.9 Å². The van der Waals surface area contributed by atoms with Crippen molar-refractivity contribution in [3.63, 3.8) is 0 Å². The highest BCUT2D eigenvalue weighted by atomic mass is 35.5. The molecule has 0 aromatic heterocycles. The zero-order valence-electron chi connectivity index (χ0n) is 15.8. The van der Waals surface area contributed by atoms with Gasteiger partial charge in [-0.1, -0.05) is 59.9 Å². The number of nitrogens with one attached hydrogen (secondary N) is 1. The average molecular weight is 442 g/mol. The molecule has 0 spiro atoms. The highest BCUT2D eigenvalue weighted by Gasteiger charge is 2.29. The summed E-state index contributed by atoms with van der Waals surface area (Å²) in [5.74, 6) is -0.399. The first-order valence-corrected chi connectivity index (χ1v) is 10.2. The molecule has 0 radical (unpaired) electrons. The maximum atomic E-state index is 13.2. The monoisotopic (exact) mass is 440 g/mol. The lowest BCUT2D eigenvalue weighted by molar-refractivity contribution is -0.140. The Bertz CT molecular complexity index is 822. The Morgan fingerprint density at radius 2 is 1.68 bits per heavy atom. The lowest BCUT2D eigenvalue weighted by atomic mass is 10.1. The van der Waals surface area contributed by atoms with Crippen molar-refractivity contribution in [3.8, 4) is 0 Å². The summed E-state index contributed by atoms with van der Waals surface area (Å²) < 4.78 is 0. The summed E-state index contributed by atoms with van der Waals surface area (Å²) in [6.45, 7) is 4.34. The molecule has 0 aliphatic heterocycles. The third-order valence-corrected chi connectivity index (χ3v) is 5.31. The molecule has 0 aliphatic carbocycles. The van der Waals surface area contributed by atoms with Gasteiger partial charge in [0.25, 0.3) is 0 Å². The van der Waals surface area contributed by atoms with E-state index in [2.05, 4.69) is 5.32 Å². The molecule has 0 heterocycles. The minimum absolute atomic E-state index is 0.124. The van der Waals surface area contributed by atoms with Crippen LogP contribution >= 0.6 is 34.8 Å². The van der Waals surface area contributed by atoms with E-state index >= 15 is 0 Å². The number of likely N-dealkylation sites (N-methyl/N-ethyl adjacent to an activating group) is 1. The maximum absolute atomic E-state index is 13.2. The van der Waals surface area contributed by atoms with Crippen LogP contribution in [-0.2, 0) is 22.6 Å². The van der Waals surface area contributed by atoms with E-state index in [1.54, 1.807) is 41.3 Å². The van der Waals surface area contributed by atoms with Gasteiger partial charge in [0.15, 0.2) is 0 Å². The Labute approximate surface area is 180 Å². The van der Waals surface area contributed by atoms with Crippen LogP contribution in [0.4, 0.5) is 0 Å². The van der Waals surface area contributed by atoms with Gasteiger partial charge in [0.2, 0.25) is 11.8 Å². The van der Waals surface area contributed by atoms with E-state index in [4.69, 9.17) is 34.8 Å². The first kappa shape index (κ1) is 22.5. The van der Waals surface area contributed by atoms with Gasteiger partial charge in [-0.15, -0.1) is 0 Å². The van der Waals surface area contributed by atoms with Crippen LogP contribution < -0.4 is 5.32 Å². The number of halogens is 3. The zero-order chi connectivity index (χ0) is 20.7. The number of hydrogen-bond acceptors (Lipinski definition) is 2. The number of hydrogen-bond donors (Lipinski definition) is 1. The highest BCUT2D eigenvalue weighted by Crippen LogP contribution is 2.27. The molecule has 4 nitrogen and oxygen atoms in total. The van der Waals surface area contributed by atoms with E-state index in [0.29, 0.717) is 33.6 Å². The van der Waals surface area contributed by atoms with Gasteiger partial charge in [0.05, 0.1) is 6.42 Å². The Morgan fingerprint density at radius 1 is 1.04 bits per heavy atom. The van der Waals surface area contributed by atoms with Crippen molar-refractivity contribution in [1.29, 1.82) is 0 Å². The topological polar surface area (TPSA) is 49.4 Å². The van der Waals surface area contributed by atoms with E-state index in [9.17, 15) is 9.59 Å². The second-order valence-corrected chi connectivity index (χ2v) is 7.60. The van der Waals surface area contributed by atoms with Gasteiger partial charge in [-0.25, -0.2) is 0 Å². The molecule has 1 atom stereocenters. The van der Waals surface area contributed by atoms with Crippen LogP contribution in [0, 0.1) is 0 Å². The predicted octanol–water partition coefficient (Wildman–Crippen LogP) is 5.13. The molecule has 2 rings (SSSR count). The van der Waals surface area contributed by atoms with Crippen LogP contribution in [0.3, 0.4) is 0 Å². The van der Waals surface area contributed by atoms with Crippen LogP contribution in [0.2, 0.25) is 15.1 Å². The molecule has 0 bridgehead atoms. The summed E-state index contributed by atoms with van der Waals surface area (Å²) in [7, 11) is 0. The number of carbonyl (C=O) groups is 2. The molecule has 2 aromatic rings. The highest BCUT2D eigenvalue weighted by molar-refractivity contribution is 6.36. The smallest absolute Gasteiger partial charge is 0.242 e. The van der Waals surface area contributed by atoms with Gasteiger partial charge in [-0.2, -0.15) is 0 Å². The zero-order valence-corrected chi connectivity index (χ0v) is 18.1. The fraction of sp³-hybridized carbons (Fsp3) is 0.333. The summed E-state index contributed by atoms with van der Waals surface area (Å²) in [6.07, 6.45) is 0.591. The number of nitrogens with zero attached hydrogens (tertiary/aromatic N) is 1. The van der Waals surface area contributed by atoms with Gasteiger partial charge >= 0.3 is 0 Å². The van der Waals surface area contributed by atoms with Crippen molar-refractivity contribution in [1.82, 2.24) is 10.2 Å². The lowest BCUT2D eigenvalue weighted by Crippen LogP contribution is -2.49. The summed E-state index contributed by atoms with van der Waals surface area (Å²) in [5.41, 5.74) is 1.39. The van der Waals surface area contributed by atoms with Crippen molar-refractivity contribution in [2.75, 3.05) is 6.54 Å². The molecule has 2 aromatic carbocycles. The second-order valence-electron chi connectivity index (χ2n) is 6.35. The van der Waals surface area contributed by atoms with Gasteiger partial charge in [0.1, 0.15) is 6.04 Å². The van der Waals surface area contributed by atoms with E-state index in [1.165, 1.54) is 0 Å². The minimum Gasteiger partial charge on any atom is -0.355 e. The third-order valence-electron chi connectivity index (χ3n) is 4.37. The van der Waals surface area contributed by atoms with Crippen LogP contribution in [0.5, 0.6) is 0 Å². The van der Waals surface area contributed by atoms with E-state index in [0.717, 1.165) is 5.56 Å².